The molecule has 11 nitrogen and oxygen atoms in total. The van der Waals surface area contributed by atoms with Crippen LogP contribution >= 0.6 is 11.8 Å². The maximum atomic E-state index is 13.7. The molecule has 0 fully saturated rings. The lowest BCUT2D eigenvalue weighted by atomic mass is 9.97. The van der Waals surface area contributed by atoms with E-state index in [1.165, 1.54) is 22.8 Å². The summed E-state index contributed by atoms with van der Waals surface area (Å²) in [5, 5.41) is 15.1. The number of nitrogens with one attached hydrogen (secondary N) is 1. The first kappa shape index (κ1) is 26.3. The molecule has 39 heavy (non-hydrogen) atoms. The fourth-order valence-electron chi connectivity index (χ4n) is 4.63. The second kappa shape index (κ2) is 11.2. The van der Waals surface area contributed by atoms with E-state index in [1.807, 2.05) is 49.4 Å². The van der Waals surface area contributed by atoms with E-state index in [2.05, 4.69) is 15.2 Å². The number of methoxy groups -OCH3 is 3. The minimum atomic E-state index is -0.405. The van der Waals surface area contributed by atoms with Crippen molar-refractivity contribution in [2.24, 2.45) is 5.10 Å². The van der Waals surface area contributed by atoms with Gasteiger partial charge in [-0.2, -0.15) is 5.10 Å². The van der Waals surface area contributed by atoms with E-state index < -0.39 is 6.04 Å². The van der Waals surface area contributed by atoms with Gasteiger partial charge >= 0.3 is 0 Å². The Labute approximate surface area is 228 Å². The van der Waals surface area contributed by atoms with Crippen LogP contribution in [0.1, 0.15) is 36.2 Å². The number of carbonyl (C=O) groups is 1. The van der Waals surface area contributed by atoms with Crippen LogP contribution in [0.4, 0.5) is 0 Å². The predicted molar refractivity (Wildman–Crippen MR) is 147 cm³/mol. The molecule has 1 amide bonds. The maximum absolute atomic E-state index is 13.7. The van der Waals surface area contributed by atoms with Crippen molar-refractivity contribution in [3.05, 3.63) is 75.7 Å². The van der Waals surface area contributed by atoms with Crippen LogP contribution in [0.5, 0.6) is 17.2 Å². The summed E-state index contributed by atoms with van der Waals surface area (Å²) < 4.78 is 18.3. The standard InChI is InChI=1S/C27H28N6O5S/c1-5-17-13-23(34)28-26-29-30-27(32(17)26)39-15-24(35)33-21(19-7-6-8-22(37-3)25(19)38-4)14-20(31-33)16-9-11-18(36-2)12-10-16/h6-13,21H,5,14-15H2,1-4H3,(H,28,29,34). The molecule has 1 atom stereocenters. The topological polar surface area (TPSA) is 123 Å². The molecule has 1 aliphatic rings. The van der Waals surface area contributed by atoms with Crippen LogP contribution < -0.4 is 19.8 Å². The van der Waals surface area contributed by atoms with E-state index in [1.54, 1.807) is 25.7 Å². The number of ether oxygens (including phenoxy) is 3. The summed E-state index contributed by atoms with van der Waals surface area (Å²) in [6.07, 6.45) is 1.10. The lowest BCUT2D eigenvalue weighted by Gasteiger charge is -2.24. The van der Waals surface area contributed by atoms with Gasteiger partial charge in [0.1, 0.15) is 5.75 Å². The average molecular weight is 549 g/mol. The molecule has 4 aromatic rings. The molecule has 12 heteroatoms. The highest BCUT2D eigenvalue weighted by molar-refractivity contribution is 7.99. The molecule has 2 aromatic carbocycles. The highest BCUT2D eigenvalue weighted by Gasteiger charge is 2.35. The van der Waals surface area contributed by atoms with Gasteiger partial charge in [0, 0.05) is 23.7 Å². The molecule has 0 spiro atoms. The second-order valence-electron chi connectivity index (χ2n) is 8.72. The third kappa shape index (κ3) is 5.07. The zero-order chi connectivity index (χ0) is 27.5. The molecule has 0 aliphatic carbocycles. The number of H-pyrrole nitrogens is 1. The lowest BCUT2D eigenvalue weighted by molar-refractivity contribution is -0.130. The molecule has 1 aliphatic heterocycles. The molecular formula is C27H28N6O5S. The summed E-state index contributed by atoms with van der Waals surface area (Å²) in [6.45, 7) is 1.94. The van der Waals surface area contributed by atoms with Crippen molar-refractivity contribution >= 4 is 29.2 Å². The molecule has 202 valence electrons. The van der Waals surface area contributed by atoms with Gasteiger partial charge < -0.3 is 14.2 Å². The zero-order valence-corrected chi connectivity index (χ0v) is 22.8. The average Bonchev–Trinajstić information content (AvgIpc) is 3.59. The summed E-state index contributed by atoms with van der Waals surface area (Å²) in [6, 6.07) is 14.3. The molecule has 0 saturated carbocycles. The number of hydrogen-bond acceptors (Lipinski definition) is 9. The summed E-state index contributed by atoms with van der Waals surface area (Å²) in [5.41, 5.74) is 2.97. The SMILES string of the molecule is CCc1cc(=O)[nH]c2nnc(SCC(=O)N3N=C(c4ccc(OC)cc4)CC3c3cccc(OC)c3OC)n12. The number of carbonyl (C=O) groups excluding carboxylic acids is 1. The minimum Gasteiger partial charge on any atom is -0.497 e. The quantitative estimate of drug-likeness (QED) is 0.316. The molecule has 1 N–H and O–H groups in total. The highest BCUT2D eigenvalue weighted by atomic mass is 32.2. The number of fused-ring (bicyclic) bond motifs is 1. The van der Waals surface area contributed by atoms with Gasteiger partial charge in [-0.05, 0) is 42.3 Å². The molecule has 2 aromatic heterocycles. The Morgan fingerprint density at radius 3 is 2.56 bits per heavy atom. The Hall–Kier alpha value is -4.32. The van der Waals surface area contributed by atoms with Gasteiger partial charge in [-0.1, -0.05) is 30.8 Å². The fraction of sp³-hybridized carbons (Fsp3) is 0.296. The van der Waals surface area contributed by atoms with E-state index in [0.29, 0.717) is 35.3 Å². The Morgan fingerprint density at radius 1 is 1.08 bits per heavy atom. The van der Waals surface area contributed by atoms with E-state index in [9.17, 15) is 9.59 Å². The summed E-state index contributed by atoms with van der Waals surface area (Å²) in [5.74, 6) is 2.06. The summed E-state index contributed by atoms with van der Waals surface area (Å²) in [7, 11) is 4.77. The third-order valence-corrected chi connectivity index (χ3v) is 7.44. The van der Waals surface area contributed by atoms with Crippen molar-refractivity contribution in [1.29, 1.82) is 0 Å². The number of amides is 1. The van der Waals surface area contributed by atoms with Gasteiger partial charge in [-0.25, -0.2) is 5.01 Å². The van der Waals surface area contributed by atoms with Gasteiger partial charge in [0.25, 0.3) is 11.5 Å². The third-order valence-electron chi connectivity index (χ3n) is 6.52. The van der Waals surface area contributed by atoms with Gasteiger partial charge in [-0.3, -0.25) is 19.0 Å². The number of para-hydroxylation sites is 1. The van der Waals surface area contributed by atoms with Crippen molar-refractivity contribution in [1.82, 2.24) is 24.6 Å². The monoisotopic (exact) mass is 548 g/mol. The predicted octanol–water partition coefficient (Wildman–Crippen LogP) is 3.48. The molecular weight excluding hydrogens is 520 g/mol. The highest BCUT2D eigenvalue weighted by Crippen LogP contribution is 2.42. The number of aryl methyl sites for hydroxylation is 1. The molecule has 3 heterocycles. The van der Waals surface area contributed by atoms with Crippen molar-refractivity contribution < 1.29 is 19.0 Å². The van der Waals surface area contributed by atoms with Gasteiger partial charge in [0.2, 0.25) is 5.78 Å². The fourth-order valence-corrected chi connectivity index (χ4v) is 5.45. The van der Waals surface area contributed by atoms with Crippen LogP contribution in [0.3, 0.4) is 0 Å². The van der Waals surface area contributed by atoms with Gasteiger partial charge in [-0.15, -0.1) is 10.2 Å². The number of aromatic nitrogens is 4. The Kier molecular flexibility index (Phi) is 7.55. The zero-order valence-electron chi connectivity index (χ0n) is 22.0. The number of hydrazone groups is 1. The number of rotatable bonds is 9. The Morgan fingerprint density at radius 2 is 1.87 bits per heavy atom. The first-order valence-corrected chi connectivity index (χ1v) is 13.3. The Balaban J connectivity index is 1.47. The molecule has 1 unspecified atom stereocenters. The van der Waals surface area contributed by atoms with Crippen LogP contribution in [-0.4, -0.2) is 63.3 Å². The van der Waals surface area contributed by atoms with Crippen molar-refractivity contribution in [3.63, 3.8) is 0 Å². The van der Waals surface area contributed by atoms with Crippen LogP contribution in [0, 0.1) is 0 Å². The smallest absolute Gasteiger partial charge is 0.253 e. The van der Waals surface area contributed by atoms with Crippen LogP contribution in [0.25, 0.3) is 5.78 Å². The molecule has 0 bridgehead atoms. The number of benzene rings is 2. The van der Waals surface area contributed by atoms with Crippen molar-refractivity contribution in [2.75, 3.05) is 27.1 Å². The molecule has 5 rings (SSSR count). The largest absolute Gasteiger partial charge is 0.497 e. The van der Waals surface area contributed by atoms with E-state index in [-0.39, 0.29) is 17.2 Å². The van der Waals surface area contributed by atoms with Crippen molar-refractivity contribution in [2.45, 2.75) is 31.0 Å². The first-order chi connectivity index (χ1) is 19.0. The van der Waals surface area contributed by atoms with E-state index >= 15 is 0 Å². The van der Waals surface area contributed by atoms with Crippen LogP contribution in [-0.2, 0) is 11.2 Å². The van der Waals surface area contributed by atoms with Gasteiger partial charge in [0.05, 0.1) is 38.8 Å². The van der Waals surface area contributed by atoms with E-state index in [4.69, 9.17) is 19.3 Å². The van der Waals surface area contributed by atoms with E-state index in [0.717, 1.165) is 28.3 Å². The minimum absolute atomic E-state index is 0.0608. The summed E-state index contributed by atoms with van der Waals surface area (Å²) in [4.78, 5) is 28.3. The second-order valence-corrected chi connectivity index (χ2v) is 9.67. The number of thioether (sulfide) groups is 1. The Bertz CT molecular complexity index is 1600. The molecule has 0 radical (unpaired) electrons. The maximum Gasteiger partial charge on any atom is 0.253 e. The lowest BCUT2D eigenvalue weighted by Crippen LogP contribution is -2.29. The first-order valence-electron chi connectivity index (χ1n) is 12.3. The van der Waals surface area contributed by atoms with Crippen LogP contribution in [0.15, 0.2) is 63.6 Å². The molecule has 0 saturated heterocycles. The van der Waals surface area contributed by atoms with Crippen LogP contribution in [0.2, 0.25) is 0 Å². The summed E-state index contributed by atoms with van der Waals surface area (Å²) >= 11 is 1.24. The van der Waals surface area contributed by atoms with Gasteiger partial charge in [0.15, 0.2) is 16.7 Å². The number of hydrogen-bond donors (Lipinski definition) is 1. The normalized spacial score (nSPS) is 14.9. The number of nitrogens with zero attached hydrogens (tertiary/aromatic N) is 5. The number of aromatic amines is 1. The van der Waals surface area contributed by atoms with Crippen molar-refractivity contribution in [3.8, 4) is 17.2 Å².